The van der Waals surface area contributed by atoms with Gasteiger partial charge in [0.1, 0.15) is 11.5 Å². The Labute approximate surface area is 203 Å². The van der Waals surface area contributed by atoms with E-state index < -0.39 is 6.10 Å². The third kappa shape index (κ3) is 6.98. The molecule has 2 amide bonds. The average Bonchev–Trinajstić information content (AvgIpc) is 3.21. The molecule has 9 nitrogen and oxygen atoms in total. The Balaban J connectivity index is 1.45. The maximum Gasteiger partial charge on any atom is 0.261 e. The first kappa shape index (κ1) is 25.1. The van der Waals surface area contributed by atoms with Crippen LogP contribution in [0.4, 0.5) is 5.69 Å². The lowest BCUT2D eigenvalue weighted by Crippen LogP contribution is -2.36. The van der Waals surface area contributed by atoms with E-state index in [1.165, 1.54) is 17.3 Å². The number of methoxy groups -OCH3 is 1. The van der Waals surface area contributed by atoms with Crippen LogP contribution < -0.4 is 20.1 Å². The molecule has 10 heteroatoms. The molecule has 3 rings (SSSR count). The number of hydrogen-bond acceptors (Lipinski definition) is 7. The largest absolute Gasteiger partial charge is 0.497 e. The first-order valence-electron chi connectivity index (χ1n) is 10.9. The van der Waals surface area contributed by atoms with Crippen molar-refractivity contribution >= 4 is 29.3 Å². The molecule has 2 aromatic carbocycles. The fourth-order valence-corrected chi connectivity index (χ4v) is 3.73. The highest BCUT2D eigenvalue weighted by molar-refractivity contribution is 7.99. The van der Waals surface area contributed by atoms with Crippen LogP contribution in [0.3, 0.4) is 0 Å². The van der Waals surface area contributed by atoms with Crippen LogP contribution in [0.5, 0.6) is 11.5 Å². The number of benzene rings is 2. The second-order valence-corrected chi connectivity index (χ2v) is 8.44. The lowest BCUT2D eigenvalue weighted by molar-refractivity contribution is -0.127. The van der Waals surface area contributed by atoms with Gasteiger partial charge in [-0.1, -0.05) is 30.8 Å². The van der Waals surface area contributed by atoms with E-state index in [-0.39, 0.29) is 24.1 Å². The molecule has 34 heavy (non-hydrogen) atoms. The van der Waals surface area contributed by atoms with Crippen molar-refractivity contribution in [3.63, 3.8) is 0 Å². The second kappa shape index (κ2) is 12.1. The summed E-state index contributed by atoms with van der Waals surface area (Å²) in [5.41, 5.74) is 1.89. The van der Waals surface area contributed by atoms with Crippen LogP contribution in [0.15, 0.2) is 53.7 Å². The highest BCUT2D eigenvalue weighted by Gasteiger charge is 2.17. The summed E-state index contributed by atoms with van der Waals surface area (Å²) in [4.78, 5) is 24.7. The SMILES string of the molecule is CCc1ccc(O[C@H](C)C(=O)NCc2nnc(SCC(=O)Nc3ccc(OC)cc3)n2C)cc1. The van der Waals surface area contributed by atoms with Crippen molar-refractivity contribution in [3.05, 3.63) is 59.9 Å². The Morgan fingerprint density at radius 1 is 1.06 bits per heavy atom. The third-order valence-electron chi connectivity index (χ3n) is 5.07. The molecule has 1 atom stereocenters. The Morgan fingerprint density at radius 2 is 1.74 bits per heavy atom. The van der Waals surface area contributed by atoms with Gasteiger partial charge in [-0.25, -0.2) is 0 Å². The van der Waals surface area contributed by atoms with Crippen molar-refractivity contribution in [3.8, 4) is 11.5 Å². The fraction of sp³-hybridized carbons (Fsp3) is 0.333. The molecule has 0 aliphatic rings. The van der Waals surface area contributed by atoms with Crippen LogP contribution in [-0.4, -0.2) is 45.5 Å². The van der Waals surface area contributed by atoms with Crippen LogP contribution >= 0.6 is 11.8 Å². The quantitative estimate of drug-likeness (QED) is 0.403. The zero-order valence-corrected chi connectivity index (χ0v) is 20.5. The molecule has 0 aliphatic carbocycles. The van der Waals surface area contributed by atoms with Gasteiger partial charge in [0.2, 0.25) is 5.91 Å². The van der Waals surface area contributed by atoms with Gasteiger partial charge >= 0.3 is 0 Å². The van der Waals surface area contributed by atoms with E-state index in [0.29, 0.717) is 22.4 Å². The lowest BCUT2D eigenvalue weighted by atomic mass is 10.2. The van der Waals surface area contributed by atoms with E-state index >= 15 is 0 Å². The first-order valence-corrected chi connectivity index (χ1v) is 11.9. The predicted octanol–water partition coefficient (Wildman–Crippen LogP) is 3.20. The van der Waals surface area contributed by atoms with Gasteiger partial charge in [0.15, 0.2) is 17.1 Å². The molecular formula is C24H29N5O4S. The summed E-state index contributed by atoms with van der Waals surface area (Å²) < 4.78 is 12.6. The first-order chi connectivity index (χ1) is 16.4. The van der Waals surface area contributed by atoms with Crippen molar-refractivity contribution in [2.75, 3.05) is 18.2 Å². The topological polar surface area (TPSA) is 107 Å². The number of hydrogen-bond donors (Lipinski definition) is 2. The van der Waals surface area contributed by atoms with Gasteiger partial charge in [-0.3, -0.25) is 9.59 Å². The molecule has 1 heterocycles. The van der Waals surface area contributed by atoms with E-state index in [1.54, 1.807) is 49.9 Å². The van der Waals surface area contributed by atoms with Crippen LogP contribution in [0, 0.1) is 0 Å². The normalized spacial score (nSPS) is 11.5. The minimum Gasteiger partial charge on any atom is -0.497 e. The van der Waals surface area contributed by atoms with Gasteiger partial charge < -0.3 is 24.7 Å². The summed E-state index contributed by atoms with van der Waals surface area (Å²) in [6, 6.07) is 14.8. The summed E-state index contributed by atoms with van der Waals surface area (Å²) in [5.74, 6) is 1.70. The van der Waals surface area contributed by atoms with E-state index in [4.69, 9.17) is 9.47 Å². The summed E-state index contributed by atoms with van der Waals surface area (Å²) in [6.07, 6.45) is 0.290. The minimum absolute atomic E-state index is 0.161. The molecule has 0 spiro atoms. The summed E-state index contributed by atoms with van der Waals surface area (Å²) >= 11 is 1.26. The molecule has 0 radical (unpaired) electrons. The molecule has 3 aromatic rings. The average molecular weight is 484 g/mol. The predicted molar refractivity (Wildman–Crippen MR) is 131 cm³/mol. The van der Waals surface area contributed by atoms with Gasteiger partial charge in [-0.15, -0.1) is 10.2 Å². The zero-order chi connectivity index (χ0) is 24.5. The Bertz CT molecular complexity index is 1100. The smallest absolute Gasteiger partial charge is 0.261 e. The summed E-state index contributed by atoms with van der Waals surface area (Å²) in [6.45, 7) is 3.98. The van der Waals surface area contributed by atoms with Crippen molar-refractivity contribution < 1.29 is 19.1 Å². The lowest BCUT2D eigenvalue weighted by Gasteiger charge is -2.15. The molecule has 0 fully saturated rings. The minimum atomic E-state index is -0.656. The molecule has 0 aliphatic heterocycles. The van der Waals surface area contributed by atoms with Crippen LogP contribution in [0.1, 0.15) is 25.2 Å². The number of amides is 2. The molecule has 0 bridgehead atoms. The number of anilines is 1. The van der Waals surface area contributed by atoms with Crippen molar-refractivity contribution in [2.24, 2.45) is 7.05 Å². The maximum absolute atomic E-state index is 12.4. The van der Waals surface area contributed by atoms with E-state index in [9.17, 15) is 9.59 Å². The van der Waals surface area contributed by atoms with E-state index in [2.05, 4.69) is 27.8 Å². The highest BCUT2D eigenvalue weighted by Crippen LogP contribution is 2.18. The molecule has 0 unspecified atom stereocenters. The number of ether oxygens (including phenoxy) is 2. The molecule has 180 valence electrons. The molecule has 1 aromatic heterocycles. The zero-order valence-electron chi connectivity index (χ0n) is 19.7. The number of nitrogens with zero attached hydrogens (tertiary/aromatic N) is 3. The molecule has 0 saturated heterocycles. The fourth-order valence-electron chi connectivity index (χ4n) is 3.00. The van der Waals surface area contributed by atoms with Crippen molar-refractivity contribution in [1.29, 1.82) is 0 Å². The van der Waals surface area contributed by atoms with Gasteiger partial charge in [-0.2, -0.15) is 0 Å². The monoisotopic (exact) mass is 483 g/mol. The number of thioether (sulfide) groups is 1. The number of carbonyl (C=O) groups excluding carboxylic acids is 2. The van der Waals surface area contributed by atoms with Crippen molar-refractivity contribution in [2.45, 2.75) is 38.1 Å². The van der Waals surface area contributed by atoms with Crippen molar-refractivity contribution in [1.82, 2.24) is 20.1 Å². The number of nitrogens with one attached hydrogen (secondary N) is 2. The van der Waals surface area contributed by atoms with Crippen LogP contribution in [0.2, 0.25) is 0 Å². The van der Waals surface area contributed by atoms with E-state index in [0.717, 1.165) is 12.2 Å². The molecule has 0 saturated carbocycles. The number of rotatable bonds is 11. The maximum atomic E-state index is 12.4. The molecule has 2 N–H and O–H groups in total. The number of aromatic nitrogens is 3. The highest BCUT2D eigenvalue weighted by atomic mass is 32.2. The van der Waals surface area contributed by atoms with Gasteiger partial charge in [0, 0.05) is 12.7 Å². The standard InChI is InChI=1S/C24H29N5O4S/c1-5-17-6-10-20(11-7-17)33-16(2)23(31)25-14-21-27-28-24(29(21)3)34-15-22(30)26-18-8-12-19(32-4)13-9-18/h6-13,16H,5,14-15H2,1-4H3,(H,25,31)(H,26,30)/t16-/m1/s1. The van der Waals surface area contributed by atoms with Crippen LogP contribution in [-0.2, 0) is 29.6 Å². The Morgan fingerprint density at radius 3 is 2.38 bits per heavy atom. The number of aryl methyl sites for hydroxylation is 1. The second-order valence-electron chi connectivity index (χ2n) is 7.50. The summed E-state index contributed by atoms with van der Waals surface area (Å²) in [7, 11) is 3.38. The van der Waals surface area contributed by atoms with Gasteiger partial charge in [0.05, 0.1) is 19.4 Å². The van der Waals surface area contributed by atoms with Gasteiger partial charge in [0.25, 0.3) is 5.91 Å². The third-order valence-corrected chi connectivity index (χ3v) is 6.09. The molecular weight excluding hydrogens is 454 g/mol. The number of carbonyl (C=O) groups is 2. The van der Waals surface area contributed by atoms with E-state index in [1.807, 2.05) is 24.3 Å². The Kier molecular flexibility index (Phi) is 8.92. The Hall–Kier alpha value is -3.53. The summed E-state index contributed by atoms with van der Waals surface area (Å²) in [5, 5.41) is 14.5. The van der Waals surface area contributed by atoms with Gasteiger partial charge in [-0.05, 0) is 55.3 Å². The van der Waals surface area contributed by atoms with Crippen LogP contribution in [0.25, 0.3) is 0 Å².